The van der Waals surface area contributed by atoms with Gasteiger partial charge in [0.05, 0.1) is 6.26 Å². The van der Waals surface area contributed by atoms with Crippen molar-refractivity contribution in [2.24, 2.45) is 0 Å². The first-order valence-corrected chi connectivity index (χ1v) is 5.68. The van der Waals surface area contributed by atoms with Gasteiger partial charge in [0, 0.05) is 5.56 Å². The predicted molar refractivity (Wildman–Crippen MR) is 67.5 cm³/mol. The maximum Gasteiger partial charge on any atom is 0.228 e. The summed E-state index contributed by atoms with van der Waals surface area (Å²) >= 11 is 0. The Morgan fingerprint density at radius 3 is 2.12 bits per heavy atom. The van der Waals surface area contributed by atoms with E-state index in [1.54, 1.807) is 12.1 Å². The van der Waals surface area contributed by atoms with Gasteiger partial charge < -0.3 is 4.42 Å². The van der Waals surface area contributed by atoms with E-state index in [0.717, 1.165) is 27.8 Å². The number of benzene rings is 1. The summed E-state index contributed by atoms with van der Waals surface area (Å²) in [7, 11) is 0. The summed E-state index contributed by atoms with van der Waals surface area (Å²) in [6.07, 6.45) is 1.53. The van der Waals surface area contributed by atoms with Crippen molar-refractivity contribution in [3.63, 3.8) is 0 Å². The monoisotopic (exact) mass is 228 g/mol. The predicted octanol–water partition coefficient (Wildman–Crippen LogP) is 3.74. The zero-order valence-electron chi connectivity index (χ0n) is 10.6. The van der Waals surface area contributed by atoms with Gasteiger partial charge >= 0.3 is 0 Å². The molecule has 0 amide bonds. The van der Waals surface area contributed by atoms with Gasteiger partial charge in [-0.25, -0.2) is 0 Å². The van der Waals surface area contributed by atoms with E-state index in [-0.39, 0.29) is 5.78 Å². The maximum atomic E-state index is 12.4. The third-order valence-corrected chi connectivity index (χ3v) is 3.34. The van der Waals surface area contributed by atoms with Gasteiger partial charge in [0.2, 0.25) is 5.78 Å². The molecule has 0 bridgehead atoms. The number of carbonyl (C=O) groups is 1. The molecule has 2 nitrogen and oxygen atoms in total. The molecule has 0 saturated heterocycles. The molecule has 1 aromatic heterocycles. The maximum absolute atomic E-state index is 12.4. The molecule has 2 heteroatoms. The van der Waals surface area contributed by atoms with Crippen LogP contribution in [0.25, 0.3) is 0 Å². The molecule has 0 fully saturated rings. The van der Waals surface area contributed by atoms with Gasteiger partial charge in [-0.05, 0) is 62.1 Å². The number of carbonyl (C=O) groups excluding carboxylic acids is 1. The highest BCUT2D eigenvalue weighted by molar-refractivity contribution is 6.09. The van der Waals surface area contributed by atoms with Gasteiger partial charge in [-0.2, -0.15) is 0 Å². The molecule has 17 heavy (non-hydrogen) atoms. The lowest BCUT2D eigenvalue weighted by Gasteiger charge is -2.13. The highest BCUT2D eigenvalue weighted by Crippen LogP contribution is 2.24. The molecule has 2 aromatic rings. The Bertz CT molecular complexity index is 537. The molecule has 0 unspecified atom stereocenters. The van der Waals surface area contributed by atoms with Crippen LogP contribution in [0.3, 0.4) is 0 Å². The molecule has 0 N–H and O–H groups in total. The van der Waals surface area contributed by atoms with Crippen molar-refractivity contribution in [3.8, 4) is 0 Å². The fourth-order valence-corrected chi connectivity index (χ4v) is 2.09. The van der Waals surface area contributed by atoms with Crippen LogP contribution in [0.2, 0.25) is 0 Å². The molecule has 1 aromatic carbocycles. The number of ketones is 1. The molecule has 0 aliphatic heterocycles. The van der Waals surface area contributed by atoms with Gasteiger partial charge in [0.1, 0.15) is 0 Å². The van der Waals surface area contributed by atoms with Gasteiger partial charge in [-0.3, -0.25) is 4.79 Å². The first-order chi connectivity index (χ1) is 8.02. The molecule has 88 valence electrons. The minimum atomic E-state index is -0.0307. The average molecular weight is 228 g/mol. The van der Waals surface area contributed by atoms with E-state index in [2.05, 4.69) is 6.07 Å². The van der Waals surface area contributed by atoms with Gasteiger partial charge in [-0.1, -0.05) is 6.07 Å². The van der Waals surface area contributed by atoms with Crippen LogP contribution in [-0.4, -0.2) is 5.78 Å². The van der Waals surface area contributed by atoms with Crippen LogP contribution in [0.4, 0.5) is 0 Å². The van der Waals surface area contributed by atoms with Crippen molar-refractivity contribution in [1.29, 1.82) is 0 Å². The number of furan rings is 1. The van der Waals surface area contributed by atoms with Crippen LogP contribution in [0.1, 0.15) is 38.4 Å². The van der Waals surface area contributed by atoms with Gasteiger partial charge in [-0.15, -0.1) is 0 Å². The first-order valence-electron chi connectivity index (χ1n) is 5.68. The molecule has 0 saturated carbocycles. The van der Waals surface area contributed by atoms with E-state index in [0.29, 0.717) is 5.76 Å². The highest BCUT2D eigenvalue weighted by Gasteiger charge is 2.19. The quantitative estimate of drug-likeness (QED) is 0.733. The molecule has 1 heterocycles. The lowest BCUT2D eigenvalue weighted by Crippen LogP contribution is -2.08. The minimum absolute atomic E-state index is 0.0307. The second kappa shape index (κ2) is 4.21. The van der Waals surface area contributed by atoms with E-state index in [9.17, 15) is 4.79 Å². The second-order valence-corrected chi connectivity index (χ2v) is 4.44. The van der Waals surface area contributed by atoms with Crippen molar-refractivity contribution in [3.05, 3.63) is 58.0 Å². The van der Waals surface area contributed by atoms with Gasteiger partial charge in [0.15, 0.2) is 5.76 Å². The van der Waals surface area contributed by atoms with Crippen LogP contribution < -0.4 is 0 Å². The lowest BCUT2D eigenvalue weighted by molar-refractivity contribution is 0.101. The Balaban J connectivity index is 2.63. The Kier molecular flexibility index (Phi) is 2.88. The van der Waals surface area contributed by atoms with E-state index in [4.69, 9.17) is 4.42 Å². The Morgan fingerprint density at radius 2 is 1.65 bits per heavy atom. The van der Waals surface area contributed by atoms with Crippen LogP contribution in [0.15, 0.2) is 28.9 Å². The fraction of sp³-hybridized carbons (Fsp3) is 0.267. The van der Waals surface area contributed by atoms with Crippen molar-refractivity contribution in [2.45, 2.75) is 27.7 Å². The first kappa shape index (κ1) is 11.6. The molecule has 0 aliphatic carbocycles. The topological polar surface area (TPSA) is 30.2 Å². The molecular weight excluding hydrogens is 212 g/mol. The highest BCUT2D eigenvalue weighted by atomic mass is 16.3. The number of aryl methyl sites for hydroxylation is 2. The molecule has 0 aliphatic rings. The van der Waals surface area contributed by atoms with Crippen molar-refractivity contribution < 1.29 is 9.21 Å². The Hall–Kier alpha value is -1.83. The van der Waals surface area contributed by atoms with Gasteiger partial charge in [0.25, 0.3) is 0 Å². The second-order valence-electron chi connectivity index (χ2n) is 4.44. The van der Waals surface area contributed by atoms with E-state index in [1.807, 2.05) is 27.7 Å². The summed E-state index contributed by atoms with van der Waals surface area (Å²) in [5, 5.41) is 0. The lowest BCUT2D eigenvalue weighted by atomic mass is 9.91. The molecule has 0 radical (unpaired) electrons. The summed E-state index contributed by atoms with van der Waals surface area (Å²) in [4.78, 5) is 12.4. The summed E-state index contributed by atoms with van der Waals surface area (Å²) in [6.45, 7) is 8.03. The summed E-state index contributed by atoms with van der Waals surface area (Å²) in [6, 6.07) is 5.56. The zero-order valence-corrected chi connectivity index (χ0v) is 10.6. The van der Waals surface area contributed by atoms with Crippen LogP contribution >= 0.6 is 0 Å². The fourth-order valence-electron chi connectivity index (χ4n) is 2.09. The molecular formula is C15H16O2. The molecule has 2 rings (SSSR count). The SMILES string of the molecule is Cc1cc(C)c(C)c(C(=O)c2ccco2)c1C. The third-order valence-electron chi connectivity index (χ3n) is 3.34. The van der Waals surface area contributed by atoms with Crippen molar-refractivity contribution in [1.82, 2.24) is 0 Å². The summed E-state index contributed by atoms with van der Waals surface area (Å²) in [5.74, 6) is 0.373. The Labute approximate surface area is 101 Å². The van der Waals surface area contributed by atoms with Crippen LogP contribution in [-0.2, 0) is 0 Å². The largest absolute Gasteiger partial charge is 0.461 e. The minimum Gasteiger partial charge on any atom is -0.461 e. The summed E-state index contributed by atoms with van der Waals surface area (Å²) < 4.78 is 5.19. The number of hydrogen-bond acceptors (Lipinski definition) is 2. The molecule has 0 spiro atoms. The van der Waals surface area contributed by atoms with Crippen molar-refractivity contribution in [2.75, 3.05) is 0 Å². The zero-order chi connectivity index (χ0) is 12.6. The Morgan fingerprint density at radius 1 is 1.06 bits per heavy atom. The molecule has 0 atom stereocenters. The average Bonchev–Trinajstić information content (AvgIpc) is 2.80. The van der Waals surface area contributed by atoms with E-state index < -0.39 is 0 Å². The standard InChI is InChI=1S/C15H16O2/c1-9-8-10(2)12(4)14(11(9)3)15(16)13-6-5-7-17-13/h5-8H,1-4H3. The number of rotatable bonds is 2. The normalized spacial score (nSPS) is 10.6. The van der Waals surface area contributed by atoms with Crippen molar-refractivity contribution >= 4 is 5.78 Å². The summed E-state index contributed by atoms with van der Waals surface area (Å²) in [5.41, 5.74) is 5.13. The smallest absolute Gasteiger partial charge is 0.228 e. The van der Waals surface area contributed by atoms with Crippen LogP contribution in [0.5, 0.6) is 0 Å². The number of hydrogen-bond donors (Lipinski definition) is 0. The van der Waals surface area contributed by atoms with E-state index >= 15 is 0 Å². The van der Waals surface area contributed by atoms with E-state index in [1.165, 1.54) is 6.26 Å². The third kappa shape index (κ3) is 1.91. The van der Waals surface area contributed by atoms with Crippen LogP contribution in [0, 0.1) is 27.7 Å².